The number of rotatable bonds is 5. The van der Waals surface area contributed by atoms with Gasteiger partial charge in [0, 0.05) is 24.2 Å². The first-order chi connectivity index (χ1) is 10.2. The third-order valence-corrected chi connectivity index (χ3v) is 2.85. The first-order valence-corrected chi connectivity index (χ1v) is 7.70. The fraction of sp³-hybridized carbons (Fsp3) is 0.588. The van der Waals surface area contributed by atoms with Crippen LogP contribution in [0.3, 0.4) is 0 Å². The van der Waals surface area contributed by atoms with E-state index in [4.69, 9.17) is 0 Å². The quantitative estimate of drug-likeness (QED) is 0.649. The van der Waals surface area contributed by atoms with Gasteiger partial charge in [-0.25, -0.2) is 9.38 Å². The molecule has 0 bridgehead atoms. The zero-order valence-electron chi connectivity index (χ0n) is 14.6. The molecule has 0 fully saturated rings. The molecule has 0 aromatic heterocycles. The van der Waals surface area contributed by atoms with Crippen molar-refractivity contribution in [2.45, 2.75) is 46.3 Å². The number of benzene rings is 1. The minimum absolute atomic E-state index is 0.0557. The Morgan fingerprint density at radius 1 is 1.27 bits per heavy atom. The summed E-state index contributed by atoms with van der Waals surface area (Å²) in [7, 11) is 3.86. The van der Waals surface area contributed by atoms with Gasteiger partial charge in [0.05, 0.1) is 6.54 Å². The number of aliphatic imine (C=N–C) groups is 1. The topological polar surface area (TPSA) is 39.7 Å². The van der Waals surface area contributed by atoms with Crippen molar-refractivity contribution < 1.29 is 4.39 Å². The maximum Gasteiger partial charge on any atom is 0.191 e. The van der Waals surface area contributed by atoms with Crippen molar-refractivity contribution in [1.29, 1.82) is 0 Å². The lowest BCUT2D eigenvalue weighted by Gasteiger charge is -2.23. The molecule has 0 saturated heterocycles. The summed E-state index contributed by atoms with van der Waals surface area (Å²) in [4.78, 5) is 6.53. The van der Waals surface area contributed by atoms with Crippen LogP contribution in [0, 0.1) is 5.82 Å². The van der Waals surface area contributed by atoms with E-state index in [0.717, 1.165) is 18.1 Å². The molecule has 22 heavy (non-hydrogen) atoms. The molecule has 0 amide bonds. The van der Waals surface area contributed by atoms with Crippen LogP contribution in [0.1, 0.15) is 38.8 Å². The number of guanidine groups is 1. The van der Waals surface area contributed by atoms with Crippen molar-refractivity contribution in [3.63, 3.8) is 0 Å². The summed E-state index contributed by atoms with van der Waals surface area (Å²) in [6.45, 7) is 10.2. The normalized spacial score (nSPS) is 12.6. The maximum atomic E-state index is 13.8. The number of hydrogen-bond donors (Lipinski definition) is 2. The molecule has 0 spiro atoms. The van der Waals surface area contributed by atoms with Crippen LogP contribution in [0.15, 0.2) is 23.2 Å². The monoisotopic (exact) mass is 308 g/mol. The summed E-state index contributed by atoms with van der Waals surface area (Å²) in [6.07, 6.45) is 0. The molecule has 1 aromatic rings. The number of halogens is 1. The predicted octanol–water partition coefficient (Wildman–Crippen LogP) is 2.74. The van der Waals surface area contributed by atoms with E-state index >= 15 is 0 Å². The molecule has 0 aliphatic carbocycles. The van der Waals surface area contributed by atoms with Gasteiger partial charge >= 0.3 is 0 Å². The van der Waals surface area contributed by atoms with Gasteiger partial charge in [-0.05, 0) is 59.5 Å². The second-order valence-corrected chi connectivity index (χ2v) is 6.73. The number of nitrogens with zero attached hydrogens (tertiary/aromatic N) is 2. The first-order valence-electron chi connectivity index (χ1n) is 7.70. The molecular weight excluding hydrogens is 279 g/mol. The van der Waals surface area contributed by atoms with E-state index in [1.165, 1.54) is 6.07 Å². The second-order valence-electron chi connectivity index (χ2n) is 6.73. The van der Waals surface area contributed by atoms with Crippen LogP contribution in [-0.4, -0.2) is 37.0 Å². The van der Waals surface area contributed by atoms with E-state index < -0.39 is 0 Å². The average Bonchev–Trinajstić information content (AvgIpc) is 2.37. The van der Waals surface area contributed by atoms with E-state index in [-0.39, 0.29) is 11.4 Å². The molecule has 0 atom stereocenters. The van der Waals surface area contributed by atoms with Crippen molar-refractivity contribution in [3.05, 3.63) is 35.1 Å². The smallest absolute Gasteiger partial charge is 0.191 e. The van der Waals surface area contributed by atoms with Crippen LogP contribution in [-0.2, 0) is 13.1 Å². The molecule has 1 rings (SSSR count). The van der Waals surface area contributed by atoms with Crippen LogP contribution in [0.4, 0.5) is 4.39 Å². The Bertz CT molecular complexity index is 504. The van der Waals surface area contributed by atoms with Gasteiger partial charge in [0.15, 0.2) is 5.96 Å². The van der Waals surface area contributed by atoms with Crippen molar-refractivity contribution in [1.82, 2.24) is 15.5 Å². The fourth-order valence-corrected chi connectivity index (χ4v) is 2.02. The van der Waals surface area contributed by atoms with Gasteiger partial charge in [-0.1, -0.05) is 6.07 Å². The SMILES string of the molecule is CCNC(=NCc1ccc(F)c(CN(C)C)c1)NC(C)(C)C. The minimum Gasteiger partial charge on any atom is -0.357 e. The van der Waals surface area contributed by atoms with Crippen LogP contribution in [0.5, 0.6) is 0 Å². The largest absolute Gasteiger partial charge is 0.357 e. The summed E-state index contributed by atoms with van der Waals surface area (Å²) in [6, 6.07) is 5.20. The summed E-state index contributed by atoms with van der Waals surface area (Å²) < 4.78 is 13.8. The molecule has 0 radical (unpaired) electrons. The molecule has 0 aliphatic heterocycles. The van der Waals surface area contributed by atoms with E-state index in [9.17, 15) is 4.39 Å². The van der Waals surface area contributed by atoms with Gasteiger partial charge in [0.1, 0.15) is 5.82 Å². The lowest BCUT2D eigenvalue weighted by Crippen LogP contribution is -2.47. The average molecular weight is 308 g/mol. The van der Waals surface area contributed by atoms with Gasteiger partial charge in [-0.2, -0.15) is 0 Å². The lowest BCUT2D eigenvalue weighted by molar-refractivity contribution is 0.392. The first kappa shape index (κ1) is 18.4. The van der Waals surface area contributed by atoms with Crippen LogP contribution < -0.4 is 10.6 Å². The van der Waals surface area contributed by atoms with Gasteiger partial charge in [-0.15, -0.1) is 0 Å². The highest BCUT2D eigenvalue weighted by molar-refractivity contribution is 5.80. The zero-order valence-corrected chi connectivity index (χ0v) is 14.6. The lowest BCUT2D eigenvalue weighted by atomic mass is 10.1. The van der Waals surface area contributed by atoms with Crippen LogP contribution in [0.25, 0.3) is 0 Å². The Kier molecular flexibility index (Phi) is 6.81. The van der Waals surface area contributed by atoms with Crippen molar-refractivity contribution in [2.75, 3.05) is 20.6 Å². The summed E-state index contributed by atoms with van der Waals surface area (Å²) in [5, 5.41) is 6.57. The van der Waals surface area contributed by atoms with Gasteiger partial charge < -0.3 is 15.5 Å². The highest BCUT2D eigenvalue weighted by Crippen LogP contribution is 2.13. The van der Waals surface area contributed by atoms with Gasteiger partial charge in [0.2, 0.25) is 0 Å². The highest BCUT2D eigenvalue weighted by Gasteiger charge is 2.11. The van der Waals surface area contributed by atoms with E-state index in [0.29, 0.717) is 18.7 Å². The van der Waals surface area contributed by atoms with E-state index in [1.807, 2.05) is 32.0 Å². The minimum atomic E-state index is -0.166. The molecule has 0 heterocycles. The molecule has 0 unspecified atom stereocenters. The van der Waals surface area contributed by atoms with Crippen LogP contribution >= 0.6 is 0 Å². The molecule has 5 heteroatoms. The standard InChI is InChI=1S/C17H29FN4/c1-7-19-16(21-17(2,3)4)20-11-13-8-9-15(18)14(10-13)12-22(5)6/h8-10H,7,11-12H2,1-6H3,(H2,19,20,21). The molecule has 0 aliphatic rings. The molecule has 1 aromatic carbocycles. The number of hydrogen-bond acceptors (Lipinski definition) is 2. The van der Waals surface area contributed by atoms with Crippen molar-refractivity contribution in [2.24, 2.45) is 4.99 Å². The van der Waals surface area contributed by atoms with Crippen molar-refractivity contribution in [3.8, 4) is 0 Å². The Labute approximate surface area is 133 Å². The maximum absolute atomic E-state index is 13.8. The molecular formula is C17H29FN4. The predicted molar refractivity (Wildman–Crippen MR) is 91.5 cm³/mol. The highest BCUT2D eigenvalue weighted by atomic mass is 19.1. The third kappa shape index (κ3) is 6.89. The second kappa shape index (κ2) is 8.13. The molecule has 0 saturated carbocycles. The third-order valence-electron chi connectivity index (χ3n) is 2.85. The van der Waals surface area contributed by atoms with E-state index in [1.54, 1.807) is 6.07 Å². The zero-order chi connectivity index (χ0) is 16.8. The van der Waals surface area contributed by atoms with Crippen molar-refractivity contribution >= 4 is 5.96 Å². The summed E-state index contributed by atoms with van der Waals surface area (Å²) in [5.74, 6) is 0.606. The van der Waals surface area contributed by atoms with Crippen LogP contribution in [0.2, 0.25) is 0 Å². The molecule has 2 N–H and O–H groups in total. The Morgan fingerprint density at radius 3 is 2.50 bits per heavy atom. The van der Waals surface area contributed by atoms with Gasteiger partial charge in [-0.3, -0.25) is 0 Å². The molecule has 4 nitrogen and oxygen atoms in total. The Hall–Kier alpha value is -1.62. The number of nitrogens with one attached hydrogen (secondary N) is 2. The Balaban J connectivity index is 2.85. The Morgan fingerprint density at radius 2 is 1.95 bits per heavy atom. The fourth-order valence-electron chi connectivity index (χ4n) is 2.02. The van der Waals surface area contributed by atoms with Gasteiger partial charge in [0.25, 0.3) is 0 Å². The van der Waals surface area contributed by atoms with E-state index in [2.05, 4.69) is 36.4 Å². The summed E-state index contributed by atoms with van der Waals surface area (Å²) in [5.41, 5.74) is 1.65. The molecule has 124 valence electrons. The summed E-state index contributed by atoms with van der Waals surface area (Å²) >= 11 is 0.